The van der Waals surface area contributed by atoms with E-state index in [-0.39, 0.29) is 18.3 Å². The first-order valence-corrected chi connectivity index (χ1v) is 10.8. The summed E-state index contributed by atoms with van der Waals surface area (Å²) in [4.78, 5) is 12.7. The van der Waals surface area contributed by atoms with Crippen molar-refractivity contribution >= 4 is 29.0 Å². The first kappa shape index (κ1) is 24.1. The number of carbonyl (C=O) groups is 1. The topological polar surface area (TPSA) is 77.4 Å². The van der Waals surface area contributed by atoms with Gasteiger partial charge in [-0.15, -0.1) is 0 Å². The smallest absolute Gasteiger partial charge is 0.417 e. The molecule has 0 bridgehead atoms. The molecule has 3 aromatic rings. The van der Waals surface area contributed by atoms with Crippen LogP contribution in [0.5, 0.6) is 11.5 Å². The molecule has 14 heteroatoms. The van der Waals surface area contributed by atoms with E-state index in [9.17, 15) is 31.1 Å². The Balaban J connectivity index is 1.43. The third-order valence-electron chi connectivity index (χ3n) is 5.75. The molecule has 2 unspecified atom stereocenters. The van der Waals surface area contributed by atoms with Gasteiger partial charge in [-0.1, -0.05) is 17.7 Å². The summed E-state index contributed by atoms with van der Waals surface area (Å²) in [5.41, 5.74) is -1.33. The van der Waals surface area contributed by atoms with Crippen molar-refractivity contribution in [3.63, 3.8) is 0 Å². The molecule has 0 fully saturated rings. The molecule has 0 spiro atoms. The van der Waals surface area contributed by atoms with Crippen LogP contribution in [0.15, 0.2) is 42.5 Å². The second-order valence-corrected chi connectivity index (χ2v) is 8.52. The van der Waals surface area contributed by atoms with E-state index in [2.05, 4.69) is 15.7 Å². The monoisotopic (exact) mass is 532 g/mol. The number of nitrogens with one attached hydrogen (secondary N) is 2. The maximum absolute atomic E-state index is 13.9. The van der Waals surface area contributed by atoms with E-state index in [1.165, 1.54) is 0 Å². The van der Waals surface area contributed by atoms with Crippen LogP contribution >= 0.6 is 11.6 Å². The van der Waals surface area contributed by atoms with Crippen LogP contribution in [-0.4, -0.2) is 28.7 Å². The summed E-state index contributed by atoms with van der Waals surface area (Å²) in [5.74, 6) is -0.196. The van der Waals surface area contributed by atoms with Gasteiger partial charge in [0.1, 0.15) is 5.82 Å². The average molecular weight is 533 g/mol. The van der Waals surface area contributed by atoms with Crippen LogP contribution in [0.2, 0.25) is 5.02 Å². The third-order valence-corrected chi connectivity index (χ3v) is 6.08. The Morgan fingerprint density at radius 2 is 1.81 bits per heavy atom. The molecule has 36 heavy (non-hydrogen) atoms. The third kappa shape index (κ3) is 4.50. The van der Waals surface area contributed by atoms with Crippen LogP contribution in [0.4, 0.5) is 37.8 Å². The molecule has 2 aliphatic rings. The van der Waals surface area contributed by atoms with E-state index >= 15 is 0 Å². The van der Waals surface area contributed by atoms with Crippen molar-refractivity contribution in [3.05, 3.63) is 64.3 Å². The predicted octanol–water partition coefficient (Wildman–Crippen LogP) is 6.20. The van der Waals surface area contributed by atoms with E-state index < -0.39 is 53.0 Å². The lowest BCUT2D eigenvalue weighted by atomic mass is 9.96. The van der Waals surface area contributed by atoms with E-state index in [1.807, 2.05) is 0 Å². The molecule has 7 nitrogen and oxygen atoms in total. The summed E-state index contributed by atoms with van der Waals surface area (Å²) in [6.07, 6.45) is -9.88. The number of aromatic nitrogens is 2. The minimum Gasteiger partial charge on any atom is -0.454 e. The number of hydrogen-bond acceptors (Lipinski definition) is 5. The van der Waals surface area contributed by atoms with Gasteiger partial charge in [0.05, 0.1) is 16.6 Å². The van der Waals surface area contributed by atoms with Crippen molar-refractivity contribution in [2.24, 2.45) is 0 Å². The number of anilines is 2. The molecule has 0 saturated heterocycles. The van der Waals surface area contributed by atoms with Crippen molar-refractivity contribution in [3.8, 4) is 11.5 Å². The fourth-order valence-corrected chi connectivity index (χ4v) is 4.27. The van der Waals surface area contributed by atoms with Gasteiger partial charge < -0.3 is 20.1 Å². The van der Waals surface area contributed by atoms with Gasteiger partial charge in [0.15, 0.2) is 23.2 Å². The molecule has 0 saturated carbocycles. The van der Waals surface area contributed by atoms with Crippen LogP contribution in [0.25, 0.3) is 0 Å². The zero-order chi connectivity index (χ0) is 25.8. The lowest BCUT2D eigenvalue weighted by molar-refractivity contribution is -0.173. The van der Waals surface area contributed by atoms with Crippen molar-refractivity contribution in [1.82, 2.24) is 9.78 Å². The van der Waals surface area contributed by atoms with Gasteiger partial charge in [0.2, 0.25) is 6.79 Å². The molecule has 3 heterocycles. The molecular formula is C22H15ClF6N4O3. The summed E-state index contributed by atoms with van der Waals surface area (Å²) >= 11 is 5.58. The fourth-order valence-electron chi connectivity index (χ4n) is 4.05. The average Bonchev–Trinajstić information content (AvgIpc) is 3.44. The second-order valence-electron chi connectivity index (χ2n) is 8.11. The number of benzene rings is 2. The van der Waals surface area contributed by atoms with Crippen molar-refractivity contribution in [1.29, 1.82) is 0 Å². The molecule has 190 valence electrons. The summed E-state index contributed by atoms with van der Waals surface area (Å²) in [5, 5.41) is 8.39. The lowest BCUT2D eigenvalue weighted by Crippen LogP contribution is -2.35. The summed E-state index contributed by atoms with van der Waals surface area (Å²) in [6.45, 7) is 0.00534. The SMILES string of the molecule is O=C(Nc1ccc(Cl)c(C(F)(F)F)c1)c1cc2n(n1)C(C(F)(F)F)CC(c1ccc3c(c1)OCO3)N2. The van der Waals surface area contributed by atoms with E-state index in [1.54, 1.807) is 18.2 Å². The van der Waals surface area contributed by atoms with Gasteiger partial charge in [-0.3, -0.25) is 4.79 Å². The largest absolute Gasteiger partial charge is 0.454 e. The molecule has 1 aromatic heterocycles. The van der Waals surface area contributed by atoms with E-state index in [0.29, 0.717) is 27.8 Å². The molecule has 2 aliphatic heterocycles. The fraction of sp³-hybridized carbons (Fsp3) is 0.273. The number of nitrogens with zero attached hydrogens (tertiary/aromatic N) is 2. The number of amides is 1. The Bertz CT molecular complexity index is 1340. The van der Waals surface area contributed by atoms with Gasteiger partial charge in [-0.2, -0.15) is 31.4 Å². The number of fused-ring (bicyclic) bond motifs is 2. The highest BCUT2D eigenvalue weighted by molar-refractivity contribution is 6.31. The van der Waals surface area contributed by atoms with Crippen molar-refractivity contribution < 1.29 is 40.6 Å². The molecular weight excluding hydrogens is 518 g/mol. The van der Waals surface area contributed by atoms with Crippen molar-refractivity contribution in [2.45, 2.75) is 30.9 Å². The number of rotatable bonds is 3. The lowest BCUT2D eigenvalue weighted by Gasteiger charge is -2.33. The van der Waals surface area contributed by atoms with Gasteiger partial charge >= 0.3 is 12.4 Å². The summed E-state index contributed by atoms with van der Waals surface area (Å²) in [7, 11) is 0. The van der Waals surface area contributed by atoms with Crippen LogP contribution in [-0.2, 0) is 6.18 Å². The Kier molecular flexibility index (Phi) is 5.69. The van der Waals surface area contributed by atoms with Crippen LogP contribution in [0.1, 0.15) is 40.1 Å². The number of hydrogen-bond donors (Lipinski definition) is 2. The molecule has 1 amide bonds. The molecule has 2 aromatic carbocycles. The quantitative estimate of drug-likeness (QED) is 0.393. The number of carbonyl (C=O) groups excluding carboxylic acids is 1. The molecule has 5 rings (SSSR count). The first-order chi connectivity index (χ1) is 16.9. The Morgan fingerprint density at radius 3 is 2.53 bits per heavy atom. The maximum atomic E-state index is 13.9. The standard InChI is InChI=1S/C22H15ClF6N4O3/c23-13-3-2-11(6-12(13)21(24,25)26)30-20(34)15-8-19-31-14(7-18(22(27,28)29)33(19)32-15)10-1-4-16-17(5-10)36-9-35-16/h1-6,8,14,18,31H,7,9H2,(H,30,34). The van der Waals surface area contributed by atoms with E-state index in [0.717, 1.165) is 18.2 Å². The minimum absolute atomic E-state index is 0.00534. The van der Waals surface area contributed by atoms with Crippen LogP contribution in [0.3, 0.4) is 0 Å². The second kappa shape index (κ2) is 8.50. The first-order valence-electron chi connectivity index (χ1n) is 10.4. The number of alkyl halides is 6. The van der Waals surface area contributed by atoms with Crippen LogP contribution in [0, 0.1) is 0 Å². The molecule has 2 atom stereocenters. The van der Waals surface area contributed by atoms with Gasteiger partial charge in [0.25, 0.3) is 5.91 Å². The Labute approximate surface area is 203 Å². The highest BCUT2D eigenvalue weighted by atomic mass is 35.5. The Morgan fingerprint density at radius 1 is 1.06 bits per heavy atom. The number of ether oxygens (including phenoxy) is 2. The Hall–Kier alpha value is -3.61. The zero-order valence-electron chi connectivity index (χ0n) is 17.9. The summed E-state index contributed by atoms with van der Waals surface area (Å²) < 4.78 is 92.3. The minimum atomic E-state index is -4.76. The van der Waals surface area contributed by atoms with Gasteiger partial charge in [-0.25, -0.2) is 4.68 Å². The molecule has 2 N–H and O–H groups in total. The van der Waals surface area contributed by atoms with Crippen LogP contribution < -0.4 is 20.1 Å². The van der Waals surface area contributed by atoms with Gasteiger partial charge in [-0.05, 0) is 35.9 Å². The van der Waals surface area contributed by atoms with Gasteiger partial charge in [0, 0.05) is 18.2 Å². The predicted molar refractivity (Wildman–Crippen MR) is 115 cm³/mol. The molecule has 0 aliphatic carbocycles. The summed E-state index contributed by atoms with van der Waals surface area (Å²) in [6, 6.07) is 5.75. The maximum Gasteiger partial charge on any atom is 0.417 e. The van der Waals surface area contributed by atoms with Crippen molar-refractivity contribution in [2.75, 3.05) is 17.4 Å². The number of halogens is 7. The highest BCUT2D eigenvalue weighted by Gasteiger charge is 2.47. The van der Waals surface area contributed by atoms with E-state index in [4.69, 9.17) is 21.1 Å². The zero-order valence-corrected chi connectivity index (χ0v) is 18.6. The molecule has 0 radical (unpaired) electrons. The normalized spacial score (nSPS) is 19.0. The highest BCUT2D eigenvalue weighted by Crippen LogP contribution is 2.45.